The Kier molecular flexibility index (Phi) is 3.71. The third kappa shape index (κ3) is 3.07. The summed E-state index contributed by atoms with van der Waals surface area (Å²) in [5, 5.41) is 4.30. The summed E-state index contributed by atoms with van der Waals surface area (Å²) >= 11 is 7.64. The fraction of sp³-hybridized carbons (Fsp3) is 0.429. The van der Waals surface area contributed by atoms with Gasteiger partial charge in [-0.15, -0.1) is 11.6 Å². The molecule has 0 atom stereocenters. The molecular weight excluding hydrogens is 278 g/mol. The second-order valence-electron chi connectivity index (χ2n) is 4.92. The summed E-state index contributed by atoms with van der Waals surface area (Å²) in [6.45, 7) is 2.89. The number of anilines is 1. The second kappa shape index (κ2) is 5.47. The van der Waals surface area contributed by atoms with E-state index in [1.54, 1.807) is 11.3 Å². The van der Waals surface area contributed by atoms with Crippen molar-refractivity contribution >= 4 is 28.9 Å². The minimum atomic E-state index is 0.438. The van der Waals surface area contributed by atoms with E-state index in [0.717, 1.165) is 23.9 Å². The van der Waals surface area contributed by atoms with Gasteiger partial charge in [0, 0.05) is 18.3 Å². The molecule has 5 heteroatoms. The van der Waals surface area contributed by atoms with E-state index in [1.165, 1.54) is 18.4 Å². The van der Waals surface area contributed by atoms with Gasteiger partial charge in [0.15, 0.2) is 0 Å². The molecule has 1 saturated carbocycles. The fourth-order valence-corrected chi connectivity index (χ4v) is 2.94. The molecule has 2 aromatic rings. The molecule has 1 aliphatic carbocycles. The molecule has 19 heavy (non-hydrogen) atoms. The van der Waals surface area contributed by atoms with Gasteiger partial charge in [0.1, 0.15) is 0 Å². The van der Waals surface area contributed by atoms with Crippen molar-refractivity contribution in [3.05, 3.63) is 39.8 Å². The number of aryl methyl sites for hydroxylation is 1. The van der Waals surface area contributed by atoms with Crippen molar-refractivity contribution in [3.8, 4) is 0 Å². The van der Waals surface area contributed by atoms with Gasteiger partial charge in [-0.05, 0) is 48.2 Å². The van der Waals surface area contributed by atoms with Gasteiger partial charge in [0.2, 0.25) is 5.95 Å². The van der Waals surface area contributed by atoms with Crippen LogP contribution in [-0.2, 0) is 12.4 Å². The van der Waals surface area contributed by atoms with Gasteiger partial charge in [-0.1, -0.05) is 0 Å². The molecule has 0 unspecified atom stereocenters. The highest BCUT2D eigenvalue weighted by Gasteiger charge is 2.31. The van der Waals surface area contributed by atoms with Gasteiger partial charge < -0.3 is 4.90 Å². The van der Waals surface area contributed by atoms with Crippen molar-refractivity contribution in [1.29, 1.82) is 0 Å². The Morgan fingerprint density at radius 1 is 1.42 bits per heavy atom. The van der Waals surface area contributed by atoms with Crippen molar-refractivity contribution in [3.63, 3.8) is 0 Å². The Balaban J connectivity index is 1.89. The zero-order chi connectivity index (χ0) is 13.2. The molecule has 100 valence electrons. The van der Waals surface area contributed by atoms with Gasteiger partial charge in [-0.2, -0.15) is 11.3 Å². The highest BCUT2D eigenvalue weighted by atomic mass is 35.5. The van der Waals surface area contributed by atoms with E-state index < -0.39 is 0 Å². The van der Waals surface area contributed by atoms with Crippen LogP contribution >= 0.6 is 22.9 Å². The lowest BCUT2D eigenvalue weighted by molar-refractivity contribution is 0.752. The molecule has 0 radical (unpaired) electrons. The maximum absolute atomic E-state index is 5.91. The van der Waals surface area contributed by atoms with Crippen molar-refractivity contribution < 1.29 is 0 Å². The van der Waals surface area contributed by atoms with Gasteiger partial charge in [-0.25, -0.2) is 9.97 Å². The number of rotatable bonds is 5. The number of halogens is 1. The van der Waals surface area contributed by atoms with Crippen molar-refractivity contribution in [2.75, 3.05) is 4.90 Å². The van der Waals surface area contributed by atoms with Crippen LogP contribution in [0.5, 0.6) is 0 Å². The molecular formula is C14H16ClN3S. The second-order valence-corrected chi connectivity index (χ2v) is 5.97. The summed E-state index contributed by atoms with van der Waals surface area (Å²) in [4.78, 5) is 11.5. The Hall–Kier alpha value is -1.13. The predicted octanol–water partition coefficient (Wildman–Crippen LogP) is 3.75. The molecule has 0 saturated heterocycles. The number of hydrogen-bond donors (Lipinski definition) is 0. The maximum Gasteiger partial charge on any atom is 0.226 e. The van der Waals surface area contributed by atoms with Gasteiger partial charge in [-0.3, -0.25) is 0 Å². The average Bonchev–Trinajstić information content (AvgIpc) is 3.12. The van der Waals surface area contributed by atoms with Gasteiger partial charge >= 0.3 is 0 Å². The van der Waals surface area contributed by atoms with E-state index in [0.29, 0.717) is 11.9 Å². The summed E-state index contributed by atoms with van der Waals surface area (Å²) in [7, 11) is 0. The zero-order valence-electron chi connectivity index (χ0n) is 10.8. The molecule has 3 nitrogen and oxygen atoms in total. The van der Waals surface area contributed by atoms with E-state index in [4.69, 9.17) is 11.6 Å². The first-order chi connectivity index (χ1) is 9.26. The average molecular weight is 294 g/mol. The Morgan fingerprint density at radius 3 is 2.89 bits per heavy atom. The topological polar surface area (TPSA) is 29.0 Å². The molecule has 0 amide bonds. The Morgan fingerprint density at radius 2 is 2.26 bits per heavy atom. The summed E-state index contributed by atoms with van der Waals surface area (Å²) in [5.41, 5.74) is 3.21. The standard InChI is InChI=1S/C14H16ClN3S/c1-10-6-12(7-15)17-14(16-10)18(13-2-3-13)8-11-4-5-19-9-11/h4-6,9,13H,2-3,7-8H2,1H3. The van der Waals surface area contributed by atoms with Crippen molar-refractivity contribution in [1.82, 2.24) is 9.97 Å². The fourth-order valence-electron chi connectivity index (χ4n) is 2.14. The predicted molar refractivity (Wildman–Crippen MR) is 79.9 cm³/mol. The van der Waals surface area contributed by atoms with E-state index in [1.807, 2.05) is 13.0 Å². The molecule has 2 aromatic heterocycles. The minimum Gasteiger partial charge on any atom is -0.333 e. The Bertz CT molecular complexity index is 552. The number of nitrogens with zero attached hydrogens (tertiary/aromatic N) is 3. The van der Waals surface area contributed by atoms with Crippen LogP contribution in [0.15, 0.2) is 22.9 Å². The van der Waals surface area contributed by atoms with Crippen molar-refractivity contribution in [2.45, 2.75) is 38.2 Å². The van der Waals surface area contributed by atoms with Gasteiger partial charge in [0.25, 0.3) is 0 Å². The molecule has 0 N–H and O–H groups in total. The van der Waals surface area contributed by atoms with Crippen LogP contribution in [0, 0.1) is 6.92 Å². The van der Waals surface area contributed by atoms with Crippen LogP contribution in [0.2, 0.25) is 0 Å². The summed E-state index contributed by atoms with van der Waals surface area (Å²) in [6, 6.07) is 4.70. The maximum atomic E-state index is 5.91. The zero-order valence-corrected chi connectivity index (χ0v) is 12.4. The molecule has 0 bridgehead atoms. The first-order valence-electron chi connectivity index (χ1n) is 6.44. The number of alkyl halides is 1. The quantitative estimate of drug-likeness (QED) is 0.786. The Labute approximate surface area is 122 Å². The molecule has 2 heterocycles. The third-order valence-corrected chi connectivity index (χ3v) is 4.22. The van der Waals surface area contributed by atoms with Crippen LogP contribution in [0.1, 0.15) is 29.8 Å². The van der Waals surface area contributed by atoms with Crippen LogP contribution in [-0.4, -0.2) is 16.0 Å². The highest BCUT2D eigenvalue weighted by molar-refractivity contribution is 7.07. The lowest BCUT2D eigenvalue weighted by Crippen LogP contribution is -2.27. The smallest absolute Gasteiger partial charge is 0.226 e. The van der Waals surface area contributed by atoms with E-state index >= 15 is 0 Å². The number of aromatic nitrogens is 2. The van der Waals surface area contributed by atoms with Crippen molar-refractivity contribution in [2.24, 2.45) is 0 Å². The van der Waals surface area contributed by atoms with Crippen LogP contribution in [0.3, 0.4) is 0 Å². The van der Waals surface area contributed by atoms with E-state index in [2.05, 4.69) is 31.7 Å². The summed E-state index contributed by atoms with van der Waals surface area (Å²) in [5.74, 6) is 1.26. The minimum absolute atomic E-state index is 0.438. The van der Waals surface area contributed by atoms with Gasteiger partial charge in [0.05, 0.1) is 11.6 Å². The number of hydrogen-bond acceptors (Lipinski definition) is 4. The third-order valence-electron chi connectivity index (χ3n) is 3.21. The molecule has 0 aromatic carbocycles. The summed E-state index contributed by atoms with van der Waals surface area (Å²) in [6.07, 6.45) is 2.47. The first-order valence-corrected chi connectivity index (χ1v) is 7.92. The number of thiophene rings is 1. The molecule has 0 aliphatic heterocycles. The van der Waals surface area contributed by atoms with Crippen LogP contribution < -0.4 is 4.90 Å². The molecule has 1 aliphatic rings. The lowest BCUT2D eigenvalue weighted by Gasteiger charge is -2.22. The normalized spacial score (nSPS) is 14.6. The van der Waals surface area contributed by atoms with E-state index in [-0.39, 0.29) is 0 Å². The molecule has 3 rings (SSSR count). The molecule has 1 fully saturated rings. The van der Waals surface area contributed by atoms with E-state index in [9.17, 15) is 0 Å². The van der Waals surface area contributed by atoms with Crippen LogP contribution in [0.25, 0.3) is 0 Å². The highest BCUT2D eigenvalue weighted by Crippen LogP contribution is 2.31. The lowest BCUT2D eigenvalue weighted by atomic mass is 10.3. The summed E-state index contributed by atoms with van der Waals surface area (Å²) < 4.78 is 0. The largest absolute Gasteiger partial charge is 0.333 e. The monoisotopic (exact) mass is 293 g/mol. The first kappa shape index (κ1) is 12.9. The molecule has 0 spiro atoms. The van der Waals surface area contributed by atoms with Crippen LogP contribution in [0.4, 0.5) is 5.95 Å². The SMILES string of the molecule is Cc1cc(CCl)nc(N(Cc2ccsc2)C2CC2)n1.